The SMILES string of the molecule is CC1CN(S(=O)(=O)NCC(F)(F)F)CCC1=O. The topological polar surface area (TPSA) is 66.5 Å². The molecule has 1 fully saturated rings. The number of carbonyl (C=O) groups excluding carboxylic acids is 1. The van der Waals surface area contributed by atoms with Crippen molar-refractivity contribution in [2.45, 2.75) is 19.5 Å². The summed E-state index contributed by atoms with van der Waals surface area (Å²) in [7, 11) is -4.16. The van der Waals surface area contributed by atoms with Crippen molar-refractivity contribution in [3.8, 4) is 0 Å². The summed E-state index contributed by atoms with van der Waals surface area (Å²) in [4.78, 5) is 11.2. The van der Waals surface area contributed by atoms with Gasteiger partial charge in [0, 0.05) is 25.4 Å². The summed E-state index contributed by atoms with van der Waals surface area (Å²) in [6.45, 7) is -0.204. The first-order chi connectivity index (χ1) is 7.62. The minimum Gasteiger partial charge on any atom is -0.299 e. The Morgan fingerprint density at radius 3 is 2.53 bits per heavy atom. The lowest BCUT2D eigenvalue weighted by Gasteiger charge is -2.29. The minimum absolute atomic E-state index is 0.0358. The molecule has 100 valence electrons. The maximum atomic E-state index is 11.9. The van der Waals surface area contributed by atoms with Crippen LogP contribution in [0.4, 0.5) is 13.2 Å². The van der Waals surface area contributed by atoms with Crippen LogP contribution in [0.25, 0.3) is 0 Å². The van der Waals surface area contributed by atoms with Crippen molar-refractivity contribution in [2.24, 2.45) is 5.92 Å². The molecule has 0 bridgehead atoms. The molecule has 1 aliphatic rings. The van der Waals surface area contributed by atoms with Gasteiger partial charge in [0.05, 0.1) is 0 Å². The van der Waals surface area contributed by atoms with Gasteiger partial charge in [-0.3, -0.25) is 4.79 Å². The van der Waals surface area contributed by atoms with Crippen LogP contribution in [0.3, 0.4) is 0 Å². The zero-order valence-corrected chi connectivity index (χ0v) is 9.94. The lowest BCUT2D eigenvalue weighted by Crippen LogP contribution is -2.49. The summed E-state index contributed by atoms with van der Waals surface area (Å²) < 4.78 is 61.0. The molecule has 1 N–H and O–H groups in total. The van der Waals surface area contributed by atoms with Crippen LogP contribution in [0, 0.1) is 5.92 Å². The second-order valence-electron chi connectivity index (χ2n) is 3.92. The number of alkyl halides is 3. The fraction of sp³-hybridized carbons (Fsp3) is 0.875. The predicted octanol–water partition coefficient (Wildman–Crippen LogP) is 0.294. The molecule has 0 aliphatic carbocycles. The van der Waals surface area contributed by atoms with Crippen molar-refractivity contribution >= 4 is 16.0 Å². The van der Waals surface area contributed by atoms with Gasteiger partial charge in [-0.2, -0.15) is 30.6 Å². The quantitative estimate of drug-likeness (QED) is 0.804. The molecule has 9 heteroatoms. The fourth-order valence-electron chi connectivity index (χ4n) is 1.46. The first-order valence-electron chi connectivity index (χ1n) is 4.96. The van der Waals surface area contributed by atoms with Crippen LogP contribution in [0.5, 0.6) is 0 Å². The molecule has 1 atom stereocenters. The highest BCUT2D eigenvalue weighted by molar-refractivity contribution is 7.87. The number of halogens is 3. The second kappa shape index (κ2) is 4.91. The van der Waals surface area contributed by atoms with Gasteiger partial charge in [0.25, 0.3) is 10.2 Å². The summed E-state index contributed by atoms with van der Waals surface area (Å²) in [6, 6.07) is 0. The third-order valence-electron chi connectivity index (χ3n) is 2.43. The Kier molecular flexibility index (Phi) is 4.15. The molecule has 0 radical (unpaired) electrons. The van der Waals surface area contributed by atoms with Crippen LogP contribution < -0.4 is 4.72 Å². The lowest BCUT2D eigenvalue weighted by molar-refractivity contribution is -0.125. The van der Waals surface area contributed by atoms with E-state index in [9.17, 15) is 26.4 Å². The molecular weight excluding hydrogens is 261 g/mol. The number of hydrogen-bond donors (Lipinski definition) is 1. The van der Waals surface area contributed by atoms with Gasteiger partial charge in [-0.05, 0) is 0 Å². The fourth-order valence-corrected chi connectivity index (χ4v) is 2.74. The minimum atomic E-state index is -4.59. The van der Waals surface area contributed by atoms with Crippen molar-refractivity contribution in [1.82, 2.24) is 9.03 Å². The first kappa shape index (κ1) is 14.4. The van der Waals surface area contributed by atoms with Crippen LogP contribution in [0.1, 0.15) is 13.3 Å². The Morgan fingerprint density at radius 1 is 1.47 bits per heavy atom. The number of piperidine rings is 1. The average Bonchev–Trinajstić information content (AvgIpc) is 2.18. The predicted molar refractivity (Wildman–Crippen MR) is 53.3 cm³/mol. The molecule has 1 heterocycles. The number of nitrogens with zero attached hydrogens (tertiary/aromatic N) is 1. The second-order valence-corrected chi connectivity index (χ2v) is 5.67. The third kappa shape index (κ3) is 4.25. The Bertz CT molecular complexity index is 393. The molecule has 1 saturated heterocycles. The highest BCUT2D eigenvalue weighted by Crippen LogP contribution is 2.17. The molecule has 0 amide bonds. The van der Waals surface area contributed by atoms with E-state index in [-0.39, 0.29) is 25.3 Å². The average molecular weight is 274 g/mol. The molecule has 1 unspecified atom stereocenters. The Balaban J connectivity index is 2.62. The molecule has 0 saturated carbocycles. The van der Waals surface area contributed by atoms with Gasteiger partial charge in [0.2, 0.25) is 0 Å². The standard InChI is InChI=1S/C8H13F3N2O3S/c1-6-4-13(3-2-7(6)14)17(15,16)12-5-8(9,10)11/h6,12H,2-5H2,1H3. The molecule has 17 heavy (non-hydrogen) atoms. The van der Waals surface area contributed by atoms with Gasteiger partial charge in [-0.25, -0.2) is 0 Å². The normalized spacial score (nSPS) is 24.0. The van der Waals surface area contributed by atoms with Gasteiger partial charge in [0.15, 0.2) is 0 Å². The lowest BCUT2D eigenvalue weighted by atomic mass is 10.0. The van der Waals surface area contributed by atoms with E-state index in [4.69, 9.17) is 0 Å². The van der Waals surface area contributed by atoms with Crippen molar-refractivity contribution < 1.29 is 26.4 Å². The zero-order valence-electron chi connectivity index (χ0n) is 9.12. The number of Topliss-reactive ketones (excluding diaryl/α,β-unsaturated/α-hetero) is 1. The highest BCUT2D eigenvalue weighted by Gasteiger charge is 2.35. The van der Waals surface area contributed by atoms with E-state index in [1.54, 1.807) is 6.92 Å². The van der Waals surface area contributed by atoms with E-state index in [2.05, 4.69) is 0 Å². The summed E-state index contributed by atoms with van der Waals surface area (Å²) >= 11 is 0. The van der Waals surface area contributed by atoms with Gasteiger partial charge in [0.1, 0.15) is 12.3 Å². The molecule has 0 spiro atoms. The maximum absolute atomic E-state index is 11.9. The van der Waals surface area contributed by atoms with Gasteiger partial charge < -0.3 is 0 Å². The Hall–Kier alpha value is -0.670. The van der Waals surface area contributed by atoms with Gasteiger partial charge >= 0.3 is 6.18 Å². The summed E-state index contributed by atoms with van der Waals surface area (Å²) in [5.74, 6) is -0.557. The summed E-state index contributed by atoms with van der Waals surface area (Å²) in [5, 5.41) is 0. The molecule has 0 aromatic rings. The largest absolute Gasteiger partial charge is 0.402 e. The monoisotopic (exact) mass is 274 g/mol. The van der Waals surface area contributed by atoms with Crippen LogP contribution in [0.2, 0.25) is 0 Å². The highest BCUT2D eigenvalue weighted by atomic mass is 32.2. The Morgan fingerprint density at radius 2 is 2.06 bits per heavy atom. The van der Waals surface area contributed by atoms with Crippen LogP contribution in [0.15, 0.2) is 0 Å². The van der Waals surface area contributed by atoms with Crippen LogP contribution >= 0.6 is 0 Å². The third-order valence-corrected chi connectivity index (χ3v) is 3.95. The van der Waals surface area contributed by atoms with Crippen molar-refractivity contribution in [3.63, 3.8) is 0 Å². The van der Waals surface area contributed by atoms with Gasteiger partial charge in [-0.1, -0.05) is 6.92 Å². The van der Waals surface area contributed by atoms with E-state index >= 15 is 0 Å². The molecular formula is C8H13F3N2O3S. The van der Waals surface area contributed by atoms with Crippen molar-refractivity contribution in [3.05, 3.63) is 0 Å². The number of rotatable bonds is 3. The molecule has 1 rings (SSSR count). The van der Waals surface area contributed by atoms with E-state index in [1.807, 2.05) is 0 Å². The maximum Gasteiger partial charge on any atom is 0.402 e. The Labute approximate surface area is 97.2 Å². The van der Waals surface area contributed by atoms with Gasteiger partial charge in [-0.15, -0.1) is 0 Å². The summed E-state index contributed by atoms with van der Waals surface area (Å²) in [5.41, 5.74) is 0. The molecule has 0 aromatic carbocycles. The number of ketones is 1. The van der Waals surface area contributed by atoms with E-state index in [0.29, 0.717) is 0 Å². The van der Waals surface area contributed by atoms with Crippen LogP contribution in [-0.2, 0) is 15.0 Å². The molecule has 1 aliphatic heterocycles. The van der Waals surface area contributed by atoms with Crippen LogP contribution in [-0.4, -0.2) is 44.3 Å². The van der Waals surface area contributed by atoms with E-state index < -0.39 is 28.8 Å². The van der Waals surface area contributed by atoms with E-state index in [1.165, 1.54) is 4.72 Å². The van der Waals surface area contributed by atoms with Crippen molar-refractivity contribution in [2.75, 3.05) is 19.6 Å². The van der Waals surface area contributed by atoms with Crippen molar-refractivity contribution in [1.29, 1.82) is 0 Å². The molecule has 5 nitrogen and oxygen atoms in total. The number of hydrogen-bond acceptors (Lipinski definition) is 3. The number of nitrogens with one attached hydrogen (secondary N) is 1. The van der Waals surface area contributed by atoms with E-state index in [0.717, 1.165) is 4.31 Å². The first-order valence-corrected chi connectivity index (χ1v) is 6.40. The number of carbonyl (C=O) groups is 1. The zero-order chi connectivity index (χ0) is 13.3. The smallest absolute Gasteiger partial charge is 0.299 e. The molecule has 0 aromatic heterocycles. The summed E-state index contributed by atoms with van der Waals surface area (Å²) in [6.07, 6.45) is -4.56.